The van der Waals surface area contributed by atoms with Gasteiger partial charge in [-0.1, -0.05) is 12.1 Å². The number of imide groups is 1. The van der Waals surface area contributed by atoms with Crippen molar-refractivity contribution in [1.82, 2.24) is 40.0 Å². The highest BCUT2D eigenvalue weighted by molar-refractivity contribution is 6.12. The lowest BCUT2D eigenvalue weighted by molar-refractivity contribution is -0.137. The quantitative estimate of drug-likeness (QED) is 0.138. The summed E-state index contributed by atoms with van der Waals surface area (Å²) in [5.74, 6) is -2.26. The lowest BCUT2D eigenvalue weighted by Crippen LogP contribution is -2.32. The van der Waals surface area contributed by atoms with Gasteiger partial charge in [0.2, 0.25) is 5.91 Å². The van der Waals surface area contributed by atoms with E-state index in [1.54, 1.807) is 18.2 Å². The molecule has 0 saturated carbocycles. The van der Waals surface area contributed by atoms with Gasteiger partial charge in [0.05, 0.1) is 51.1 Å². The molecule has 14 nitrogen and oxygen atoms in total. The third-order valence-electron chi connectivity index (χ3n) is 8.78. The molecule has 0 saturated heterocycles. The van der Waals surface area contributed by atoms with Crippen LogP contribution in [-0.4, -0.2) is 96.4 Å². The van der Waals surface area contributed by atoms with E-state index >= 15 is 0 Å². The number of aromatic carboxylic acids is 1. The Hall–Kier alpha value is -5.99. The van der Waals surface area contributed by atoms with Gasteiger partial charge in [-0.25, -0.2) is 24.7 Å². The molecule has 272 valence electrons. The zero-order chi connectivity index (χ0) is 37.5. The second-order valence-corrected chi connectivity index (χ2v) is 13.3. The Morgan fingerprint density at radius 3 is 1.74 bits per heavy atom. The summed E-state index contributed by atoms with van der Waals surface area (Å²) >= 11 is 0. The third-order valence-corrected chi connectivity index (χ3v) is 8.78. The Balaban J connectivity index is 1.21. The van der Waals surface area contributed by atoms with Crippen LogP contribution >= 0.6 is 0 Å². The molecule has 0 radical (unpaired) electrons. The van der Waals surface area contributed by atoms with Gasteiger partial charge in [-0.15, -0.1) is 0 Å². The summed E-state index contributed by atoms with van der Waals surface area (Å²) in [7, 11) is 3.84. The van der Waals surface area contributed by atoms with E-state index in [0.29, 0.717) is 67.4 Å². The molecular formula is C39H40N8O6. The molecular weight excluding hydrogens is 676 g/mol. The minimum atomic E-state index is -1.10. The Morgan fingerprint density at radius 2 is 1.17 bits per heavy atom. The van der Waals surface area contributed by atoms with Crippen molar-refractivity contribution >= 4 is 29.5 Å². The number of carbonyl (C=O) groups excluding carboxylic acids is 4. The van der Waals surface area contributed by atoms with Crippen molar-refractivity contribution in [1.29, 1.82) is 0 Å². The highest BCUT2D eigenvalue weighted by atomic mass is 16.4. The van der Waals surface area contributed by atoms with Crippen molar-refractivity contribution in [2.75, 3.05) is 27.2 Å². The number of hydrogen-bond donors (Lipinski definition) is 2. The van der Waals surface area contributed by atoms with E-state index in [2.05, 4.69) is 5.32 Å². The molecule has 3 amide bonds. The van der Waals surface area contributed by atoms with Crippen LogP contribution in [0.1, 0.15) is 69.2 Å². The summed E-state index contributed by atoms with van der Waals surface area (Å²) in [5, 5.41) is 12.8. The number of nitrogens with one attached hydrogen (secondary N) is 1. The van der Waals surface area contributed by atoms with Crippen LogP contribution in [-0.2, 0) is 40.6 Å². The molecule has 4 aromatic heterocycles. The number of Topliss-reactive ketones (excluding diaryl/α,β-unsaturated/α-hetero) is 1. The van der Waals surface area contributed by atoms with Gasteiger partial charge in [-0.3, -0.25) is 33.9 Å². The van der Waals surface area contributed by atoms with Crippen molar-refractivity contribution in [2.45, 2.75) is 51.9 Å². The molecule has 0 aromatic carbocycles. The van der Waals surface area contributed by atoms with Crippen LogP contribution in [0.5, 0.6) is 0 Å². The molecule has 2 aliphatic rings. The standard InChI is InChI=1S/C39H40N8O6/c1-45-21-27-7-3-9-31(41-27)32-10-4-8-28(42-32)22-46(2)24-30-18-26(39(52)53)20-34(44-30)33-19-25(17-29(23-45)43-33)35(48)11-5-15-40-36(49)12-6-16-47-37(50)13-14-38(47)51/h3-4,7-10,13-14,17-20H,5-6,11-12,15-16,21-24H2,1-2H3,(H,40,49)(H,52,53). The summed E-state index contributed by atoms with van der Waals surface area (Å²) < 4.78 is 0. The second-order valence-electron chi connectivity index (χ2n) is 13.3. The summed E-state index contributed by atoms with van der Waals surface area (Å²) in [5.41, 5.74) is 5.45. The van der Waals surface area contributed by atoms with Crippen LogP contribution in [0.4, 0.5) is 0 Å². The van der Waals surface area contributed by atoms with Gasteiger partial charge in [0, 0.05) is 69.8 Å². The molecule has 6 heterocycles. The SMILES string of the molecule is CN1Cc2cccc(n2)-c2cccc(n2)CN(C)Cc2cc(C(=O)CCCNC(=O)CCCN3C(=O)C=CC3=O)cc(n2)-c2cc(C(=O)O)cc(n2)C1. The molecule has 0 atom stereocenters. The van der Waals surface area contributed by atoms with Crippen molar-refractivity contribution in [2.24, 2.45) is 0 Å². The van der Waals surface area contributed by atoms with Crippen LogP contribution in [0.25, 0.3) is 22.8 Å². The maximum atomic E-state index is 13.6. The highest BCUT2D eigenvalue weighted by Gasteiger charge is 2.23. The van der Waals surface area contributed by atoms with Gasteiger partial charge in [-0.2, -0.15) is 0 Å². The van der Waals surface area contributed by atoms with E-state index in [1.807, 2.05) is 60.3 Å². The topological polar surface area (TPSA) is 179 Å². The molecule has 2 aliphatic heterocycles. The van der Waals surface area contributed by atoms with Crippen LogP contribution < -0.4 is 5.32 Å². The Bertz CT molecular complexity index is 2080. The predicted molar refractivity (Wildman–Crippen MR) is 194 cm³/mol. The van der Waals surface area contributed by atoms with Crippen LogP contribution in [0.3, 0.4) is 0 Å². The number of hydrogen-bond acceptors (Lipinski definition) is 11. The van der Waals surface area contributed by atoms with Gasteiger partial charge >= 0.3 is 5.97 Å². The highest BCUT2D eigenvalue weighted by Crippen LogP contribution is 2.24. The number of carboxylic acids is 1. The predicted octanol–water partition coefficient (Wildman–Crippen LogP) is 3.66. The first kappa shape index (κ1) is 36.8. The minimum Gasteiger partial charge on any atom is -0.478 e. The van der Waals surface area contributed by atoms with E-state index in [-0.39, 0.29) is 55.0 Å². The largest absolute Gasteiger partial charge is 0.478 e. The molecule has 53 heavy (non-hydrogen) atoms. The lowest BCUT2D eigenvalue weighted by atomic mass is 10.0. The maximum absolute atomic E-state index is 13.6. The van der Waals surface area contributed by atoms with Gasteiger partial charge in [0.15, 0.2) is 5.78 Å². The van der Waals surface area contributed by atoms with Crippen LogP contribution in [0.2, 0.25) is 0 Å². The zero-order valence-electron chi connectivity index (χ0n) is 29.6. The zero-order valence-corrected chi connectivity index (χ0v) is 29.6. The fraction of sp³-hybridized carbons (Fsp3) is 0.308. The number of nitrogens with zero attached hydrogens (tertiary/aromatic N) is 7. The lowest BCUT2D eigenvalue weighted by Gasteiger charge is -2.19. The molecule has 8 bridgehead atoms. The van der Waals surface area contributed by atoms with Crippen LogP contribution in [0.15, 0.2) is 72.8 Å². The smallest absolute Gasteiger partial charge is 0.335 e. The first-order valence-corrected chi connectivity index (χ1v) is 17.4. The summed E-state index contributed by atoms with van der Waals surface area (Å²) in [4.78, 5) is 86.1. The molecule has 14 heteroatoms. The fourth-order valence-electron chi connectivity index (χ4n) is 6.28. The molecule has 0 unspecified atom stereocenters. The molecule has 2 N–H and O–H groups in total. The van der Waals surface area contributed by atoms with Crippen molar-refractivity contribution in [3.8, 4) is 22.8 Å². The summed E-state index contributed by atoms with van der Waals surface area (Å²) in [6.07, 6.45) is 3.42. The molecule has 4 aromatic rings. The Labute approximate surface area is 306 Å². The number of rotatable bonds is 10. The number of pyridine rings is 4. The van der Waals surface area contributed by atoms with Crippen molar-refractivity contribution in [3.05, 3.63) is 107 Å². The maximum Gasteiger partial charge on any atom is 0.335 e. The van der Waals surface area contributed by atoms with Crippen molar-refractivity contribution < 1.29 is 29.1 Å². The number of carboxylic acid groups (broad SMARTS) is 1. The summed E-state index contributed by atoms with van der Waals surface area (Å²) in [6.45, 7) is 2.10. The monoisotopic (exact) mass is 716 g/mol. The molecule has 0 spiro atoms. The first-order valence-electron chi connectivity index (χ1n) is 17.4. The van der Waals surface area contributed by atoms with Gasteiger partial charge in [0.1, 0.15) is 0 Å². The third kappa shape index (κ3) is 9.67. The van der Waals surface area contributed by atoms with Gasteiger partial charge in [0.25, 0.3) is 11.8 Å². The van der Waals surface area contributed by atoms with E-state index < -0.39 is 5.97 Å². The Kier molecular flexibility index (Phi) is 11.5. The second kappa shape index (κ2) is 16.6. The molecule has 0 aliphatic carbocycles. The number of fused-ring (bicyclic) bond motifs is 10. The van der Waals surface area contributed by atoms with E-state index in [1.165, 1.54) is 18.2 Å². The van der Waals surface area contributed by atoms with E-state index in [4.69, 9.17) is 19.9 Å². The normalized spacial score (nSPS) is 14.9. The average molecular weight is 717 g/mol. The fourth-order valence-corrected chi connectivity index (χ4v) is 6.28. The van der Waals surface area contributed by atoms with E-state index in [0.717, 1.165) is 27.7 Å². The molecule has 0 fully saturated rings. The van der Waals surface area contributed by atoms with E-state index in [9.17, 15) is 29.1 Å². The van der Waals surface area contributed by atoms with Crippen LogP contribution in [0, 0.1) is 0 Å². The number of carbonyl (C=O) groups is 5. The number of amides is 3. The average Bonchev–Trinajstić information content (AvgIpc) is 3.45. The molecule has 6 rings (SSSR count). The minimum absolute atomic E-state index is 0.0562. The number of ketones is 1. The Morgan fingerprint density at radius 1 is 0.660 bits per heavy atom. The number of aromatic nitrogens is 4. The van der Waals surface area contributed by atoms with Gasteiger partial charge in [-0.05, 0) is 75.5 Å². The summed E-state index contributed by atoms with van der Waals surface area (Å²) in [6, 6.07) is 18.0. The van der Waals surface area contributed by atoms with Gasteiger partial charge < -0.3 is 10.4 Å². The van der Waals surface area contributed by atoms with Crippen molar-refractivity contribution in [3.63, 3.8) is 0 Å². The first-order chi connectivity index (χ1) is 25.5.